The highest BCUT2D eigenvalue weighted by atomic mass is 32.2. The Morgan fingerprint density at radius 2 is 2.04 bits per heavy atom. The van der Waals surface area contributed by atoms with Gasteiger partial charge in [-0.3, -0.25) is 19.1 Å². The number of nitrogens with one attached hydrogen (secondary N) is 1. The second-order valence-electron chi connectivity index (χ2n) is 5.76. The number of aromatic amines is 1. The molecule has 0 saturated carbocycles. The molecular formula is C18H21N5O3S. The molecule has 0 spiro atoms. The lowest BCUT2D eigenvalue weighted by Gasteiger charge is -2.24. The summed E-state index contributed by atoms with van der Waals surface area (Å²) < 4.78 is 1.24. The molecule has 1 aromatic heterocycles. The quantitative estimate of drug-likeness (QED) is 0.655. The lowest BCUT2D eigenvalue weighted by atomic mass is 10.2. The molecule has 0 radical (unpaired) electrons. The zero-order valence-corrected chi connectivity index (χ0v) is 15.8. The number of hydrogen-bond acceptors (Lipinski definition) is 6. The van der Waals surface area contributed by atoms with Crippen molar-refractivity contribution < 1.29 is 4.79 Å². The maximum absolute atomic E-state index is 12.6. The first-order chi connectivity index (χ1) is 13.0. The number of amides is 1. The summed E-state index contributed by atoms with van der Waals surface area (Å²) in [6.07, 6.45) is 0.603. The van der Waals surface area contributed by atoms with E-state index in [0.717, 1.165) is 17.3 Å². The van der Waals surface area contributed by atoms with Crippen molar-refractivity contribution in [1.82, 2.24) is 9.55 Å². The van der Waals surface area contributed by atoms with Gasteiger partial charge in [0, 0.05) is 6.54 Å². The molecular weight excluding hydrogens is 366 g/mol. The van der Waals surface area contributed by atoms with Crippen LogP contribution < -0.4 is 21.9 Å². The Labute approximate surface area is 160 Å². The summed E-state index contributed by atoms with van der Waals surface area (Å²) in [6, 6.07) is 11.2. The van der Waals surface area contributed by atoms with Crippen LogP contribution in [0.25, 0.3) is 0 Å². The molecule has 1 amide bonds. The van der Waals surface area contributed by atoms with Crippen LogP contribution in [0.15, 0.2) is 39.9 Å². The molecule has 0 bridgehead atoms. The van der Waals surface area contributed by atoms with E-state index in [1.807, 2.05) is 43.3 Å². The van der Waals surface area contributed by atoms with E-state index in [0.29, 0.717) is 6.42 Å². The van der Waals surface area contributed by atoms with Crippen molar-refractivity contribution in [1.29, 1.82) is 5.26 Å². The first-order valence-corrected chi connectivity index (χ1v) is 9.56. The molecule has 0 unspecified atom stereocenters. The van der Waals surface area contributed by atoms with Gasteiger partial charge in [0.2, 0.25) is 5.91 Å². The number of nitrogens with two attached hydrogens (primary N) is 1. The van der Waals surface area contributed by atoms with Crippen LogP contribution in [0.3, 0.4) is 0 Å². The topological polar surface area (TPSA) is 125 Å². The van der Waals surface area contributed by atoms with Crippen molar-refractivity contribution in [2.24, 2.45) is 0 Å². The normalized spacial score (nSPS) is 10.4. The molecule has 2 rings (SSSR count). The molecule has 1 aromatic carbocycles. The maximum Gasteiger partial charge on any atom is 0.330 e. The first-order valence-electron chi connectivity index (χ1n) is 8.41. The SMILES string of the molecule is CCCN(C(=O)CSCC#N)c1c(N)n(Cc2ccccc2)c(=O)[nH]c1=O. The van der Waals surface area contributed by atoms with Crippen LogP contribution in [0.2, 0.25) is 0 Å². The third-order valence-corrected chi connectivity index (χ3v) is 4.59. The van der Waals surface area contributed by atoms with Gasteiger partial charge >= 0.3 is 5.69 Å². The number of benzene rings is 1. The van der Waals surface area contributed by atoms with E-state index in [4.69, 9.17) is 11.0 Å². The van der Waals surface area contributed by atoms with Crippen LogP contribution in [0.4, 0.5) is 11.5 Å². The largest absolute Gasteiger partial charge is 0.383 e. The molecule has 9 heteroatoms. The molecule has 142 valence electrons. The molecule has 0 aliphatic heterocycles. The average Bonchev–Trinajstić information content (AvgIpc) is 2.65. The molecule has 8 nitrogen and oxygen atoms in total. The van der Waals surface area contributed by atoms with Crippen molar-refractivity contribution >= 4 is 29.2 Å². The molecule has 0 fully saturated rings. The van der Waals surface area contributed by atoms with Gasteiger partial charge in [-0.25, -0.2) is 4.79 Å². The Bertz CT molecular complexity index is 946. The molecule has 0 aliphatic rings. The van der Waals surface area contributed by atoms with Gasteiger partial charge in [-0.1, -0.05) is 37.3 Å². The third kappa shape index (κ3) is 5.01. The second kappa shape index (κ2) is 9.64. The second-order valence-corrected chi connectivity index (χ2v) is 6.75. The minimum Gasteiger partial charge on any atom is -0.383 e. The predicted octanol–water partition coefficient (Wildman–Crippen LogP) is 1.17. The molecule has 27 heavy (non-hydrogen) atoms. The van der Waals surface area contributed by atoms with Crippen molar-refractivity contribution in [3.8, 4) is 6.07 Å². The number of anilines is 2. The molecule has 0 atom stereocenters. The lowest BCUT2D eigenvalue weighted by molar-refractivity contribution is -0.116. The summed E-state index contributed by atoms with van der Waals surface area (Å²) >= 11 is 1.16. The number of rotatable bonds is 8. The lowest BCUT2D eigenvalue weighted by Crippen LogP contribution is -2.42. The average molecular weight is 387 g/mol. The summed E-state index contributed by atoms with van der Waals surface area (Å²) in [4.78, 5) is 40.8. The number of H-pyrrole nitrogens is 1. The van der Waals surface area contributed by atoms with E-state index in [1.165, 1.54) is 9.47 Å². The highest BCUT2D eigenvalue weighted by Gasteiger charge is 2.23. The van der Waals surface area contributed by atoms with E-state index in [9.17, 15) is 14.4 Å². The smallest absolute Gasteiger partial charge is 0.330 e. The number of nitrogen functional groups attached to an aromatic ring is 1. The number of carbonyl (C=O) groups is 1. The van der Waals surface area contributed by atoms with Gasteiger partial charge in [0.15, 0.2) is 5.69 Å². The predicted molar refractivity (Wildman–Crippen MR) is 107 cm³/mol. The van der Waals surface area contributed by atoms with Crippen LogP contribution in [0, 0.1) is 11.3 Å². The summed E-state index contributed by atoms with van der Waals surface area (Å²) in [5.41, 5.74) is 5.62. The van der Waals surface area contributed by atoms with Crippen LogP contribution in [-0.4, -0.2) is 33.5 Å². The van der Waals surface area contributed by atoms with Crippen molar-refractivity contribution in [3.05, 3.63) is 56.7 Å². The van der Waals surface area contributed by atoms with Gasteiger partial charge < -0.3 is 10.6 Å². The van der Waals surface area contributed by atoms with Crippen molar-refractivity contribution in [2.45, 2.75) is 19.9 Å². The van der Waals surface area contributed by atoms with Gasteiger partial charge in [0.1, 0.15) is 5.82 Å². The Hall–Kier alpha value is -2.99. The standard InChI is InChI=1S/C18H21N5O3S/c1-2-9-22(14(24)12-27-10-8-19)15-16(20)23(18(26)21-17(15)25)11-13-6-4-3-5-7-13/h3-7H,2,9-12,20H2,1H3,(H,21,25,26). The number of nitrogens with zero attached hydrogens (tertiary/aromatic N) is 3. The van der Waals surface area contributed by atoms with E-state index in [1.54, 1.807) is 0 Å². The zero-order valence-electron chi connectivity index (χ0n) is 15.0. The van der Waals surface area contributed by atoms with Crippen LogP contribution >= 0.6 is 11.8 Å². The van der Waals surface area contributed by atoms with Gasteiger partial charge in [-0.05, 0) is 12.0 Å². The third-order valence-electron chi connectivity index (χ3n) is 3.81. The van der Waals surface area contributed by atoms with Crippen LogP contribution in [0.5, 0.6) is 0 Å². The summed E-state index contributed by atoms with van der Waals surface area (Å²) in [5.74, 6) is -0.172. The minimum absolute atomic E-state index is 0.0325. The monoisotopic (exact) mass is 387 g/mol. The minimum atomic E-state index is -0.700. The highest BCUT2D eigenvalue weighted by molar-refractivity contribution is 8.00. The number of nitriles is 1. The van der Waals surface area contributed by atoms with Gasteiger partial charge in [-0.15, -0.1) is 11.8 Å². The molecule has 1 heterocycles. The molecule has 0 aliphatic carbocycles. The zero-order chi connectivity index (χ0) is 19.8. The van der Waals surface area contributed by atoms with Crippen molar-refractivity contribution in [2.75, 3.05) is 28.7 Å². The molecule has 3 N–H and O–H groups in total. The number of carbonyl (C=O) groups excluding carboxylic acids is 1. The summed E-state index contributed by atoms with van der Waals surface area (Å²) in [7, 11) is 0. The number of thioether (sulfide) groups is 1. The summed E-state index contributed by atoms with van der Waals surface area (Å²) in [5, 5.41) is 8.62. The Morgan fingerprint density at radius 1 is 1.33 bits per heavy atom. The first kappa shape index (κ1) is 20.3. The maximum atomic E-state index is 12.6. The van der Waals surface area contributed by atoms with E-state index in [-0.39, 0.29) is 42.0 Å². The van der Waals surface area contributed by atoms with E-state index >= 15 is 0 Å². The van der Waals surface area contributed by atoms with Gasteiger partial charge in [0.25, 0.3) is 5.56 Å². The fourth-order valence-electron chi connectivity index (χ4n) is 2.61. The highest BCUT2D eigenvalue weighted by Crippen LogP contribution is 2.19. The molecule has 0 saturated heterocycles. The van der Waals surface area contributed by atoms with Crippen LogP contribution in [0.1, 0.15) is 18.9 Å². The number of aromatic nitrogens is 2. The van der Waals surface area contributed by atoms with Crippen LogP contribution in [-0.2, 0) is 11.3 Å². The molecule has 2 aromatic rings. The van der Waals surface area contributed by atoms with Gasteiger partial charge in [-0.2, -0.15) is 5.26 Å². The van der Waals surface area contributed by atoms with Crippen molar-refractivity contribution in [3.63, 3.8) is 0 Å². The fraction of sp³-hybridized carbons (Fsp3) is 0.333. The fourth-order valence-corrected chi connectivity index (χ4v) is 3.13. The van der Waals surface area contributed by atoms with E-state index in [2.05, 4.69) is 4.98 Å². The van der Waals surface area contributed by atoms with Gasteiger partial charge in [0.05, 0.1) is 24.1 Å². The Balaban J connectivity index is 2.45. The Morgan fingerprint density at radius 3 is 2.67 bits per heavy atom. The van der Waals surface area contributed by atoms with E-state index < -0.39 is 11.2 Å². The number of hydrogen-bond donors (Lipinski definition) is 2. The Kier molecular flexibility index (Phi) is 7.25. The summed E-state index contributed by atoms with van der Waals surface area (Å²) in [6.45, 7) is 2.32.